The van der Waals surface area contributed by atoms with Gasteiger partial charge in [-0.2, -0.15) is 0 Å². The van der Waals surface area contributed by atoms with E-state index in [2.05, 4.69) is 12.2 Å². The molecule has 0 aliphatic heterocycles. The van der Waals surface area contributed by atoms with Crippen LogP contribution < -0.4 is 5.32 Å². The molecule has 1 aliphatic carbocycles. The second-order valence-electron chi connectivity index (χ2n) is 4.82. The van der Waals surface area contributed by atoms with E-state index in [0.717, 1.165) is 13.0 Å². The van der Waals surface area contributed by atoms with E-state index >= 15 is 0 Å². The van der Waals surface area contributed by atoms with Crippen molar-refractivity contribution in [3.8, 4) is 0 Å². The van der Waals surface area contributed by atoms with E-state index in [1.807, 2.05) is 0 Å². The van der Waals surface area contributed by atoms with Crippen molar-refractivity contribution < 1.29 is 9.90 Å². The number of aliphatic hydroxyl groups is 1. The van der Waals surface area contributed by atoms with E-state index in [1.165, 1.54) is 32.1 Å². The smallest absolute Gasteiger partial charge is 0.236 e. The van der Waals surface area contributed by atoms with E-state index < -0.39 is 0 Å². The lowest BCUT2D eigenvalue weighted by Crippen LogP contribution is -2.40. The average Bonchev–Trinajstić information content (AvgIpc) is 3.14. The first-order valence-electron chi connectivity index (χ1n) is 6.90. The predicted octanol–water partition coefficient (Wildman–Crippen LogP) is 1.14. The lowest BCUT2D eigenvalue weighted by molar-refractivity contribution is -0.130. The summed E-state index contributed by atoms with van der Waals surface area (Å²) in [7, 11) is 0. The van der Waals surface area contributed by atoms with Gasteiger partial charge in [-0.3, -0.25) is 4.79 Å². The molecule has 17 heavy (non-hydrogen) atoms. The van der Waals surface area contributed by atoms with Crippen LogP contribution in [-0.2, 0) is 4.79 Å². The molecular formula is C13H26N2O2. The molecule has 0 aromatic rings. The summed E-state index contributed by atoms with van der Waals surface area (Å²) in [5, 5.41) is 12.2. The normalized spacial score (nSPS) is 14.9. The molecule has 0 aromatic heterocycles. The van der Waals surface area contributed by atoms with Crippen molar-refractivity contribution >= 4 is 5.91 Å². The average molecular weight is 242 g/mol. The van der Waals surface area contributed by atoms with Gasteiger partial charge >= 0.3 is 0 Å². The number of carbonyl (C=O) groups is 1. The van der Waals surface area contributed by atoms with E-state index in [4.69, 9.17) is 5.11 Å². The second kappa shape index (κ2) is 8.48. The summed E-state index contributed by atoms with van der Waals surface area (Å²) >= 11 is 0. The fourth-order valence-electron chi connectivity index (χ4n) is 1.84. The van der Waals surface area contributed by atoms with Crippen molar-refractivity contribution in [2.75, 3.05) is 26.2 Å². The third-order valence-electron chi connectivity index (χ3n) is 3.12. The Morgan fingerprint density at radius 2 is 2.06 bits per heavy atom. The number of aliphatic hydroxyl groups excluding tert-OH is 1. The summed E-state index contributed by atoms with van der Waals surface area (Å²) in [5.41, 5.74) is 0. The maximum Gasteiger partial charge on any atom is 0.236 e. The molecule has 0 bridgehead atoms. The van der Waals surface area contributed by atoms with Gasteiger partial charge in [0.25, 0.3) is 0 Å². The van der Waals surface area contributed by atoms with Crippen LogP contribution in [0.1, 0.15) is 45.4 Å². The van der Waals surface area contributed by atoms with Gasteiger partial charge < -0.3 is 15.3 Å². The maximum atomic E-state index is 11.9. The first-order valence-corrected chi connectivity index (χ1v) is 6.90. The summed E-state index contributed by atoms with van der Waals surface area (Å²) < 4.78 is 0. The van der Waals surface area contributed by atoms with Crippen LogP contribution in [0.15, 0.2) is 0 Å². The Kier molecular flexibility index (Phi) is 7.21. The molecule has 1 amide bonds. The molecule has 1 aliphatic rings. The number of hydrogen-bond acceptors (Lipinski definition) is 3. The van der Waals surface area contributed by atoms with E-state index in [0.29, 0.717) is 19.1 Å². The molecule has 0 heterocycles. The van der Waals surface area contributed by atoms with Crippen LogP contribution in [0.4, 0.5) is 0 Å². The Morgan fingerprint density at radius 1 is 1.29 bits per heavy atom. The van der Waals surface area contributed by atoms with Gasteiger partial charge in [0.05, 0.1) is 13.2 Å². The Balaban J connectivity index is 2.16. The van der Waals surface area contributed by atoms with Gasteiger partial charge in [0.1, 0.15) is 0 Å². The number of unbranched alkanes of at least 4 members (excludes halogenated alkanes) is 3. The molecule has 0 aromatic carbocycles. The third-order valence-corrected chi connectivity index (χ3v) is 3.12. The number of rotatable bonds is 10. The zero-order valence-electron chi connectivity index (χ0n) is 11.0. The molecule has 4 heteroatoms. The summed E-state index contributed by atoms with van der Waals surface area (Å²) in [6, 6.07) is 0.565. The van der Waals surface area contributed by atoms with Crippen LogP contribution in [0, 0.1) is 0 Å². The summed E-state index contributed by atoms with van der Waals surface area (Å²) in [6.07, 6.45) is 7.04. The van der Waals surface area contributed by atoms with Crippen LogP contribution in [0.5, 0.6) is 0 Å². The van der Waals surface area contributed by atoms with Gasteiger partial charge in [-0.05, 0) is 19.3 Å². The third kappa shape index (κ3) is 6.64. The number of nitrogens with one attached hydrogen (secondary N) is 1. The van der Waals surface area contributed by atoms with E-state index in [9.17, 15) is 4.79 Å². The van der Waals surface area contributed by atoms with Gasteiger partial charge in [-0.15, -0.1) is 0 Å². The zero-order chi connectivity index (χ0) is 12.5. The second-order valence-corrected chi connectivity index (χ2v) is 4.82. The minimum absolute atomic E-state index is 0.0585. The van der Waals surface area contributed by atoms with Crippen molar-refractivity contribution in [2.24, 2.45) is 0 Å². The Morgan fingerprint density at radius 3 is 2.65 bits per heavy atom. The molecule has 1 rings (SSSR count). The fourth-order valence-corrected chi connectivity index (χ4v) is 1.84. The molecule has 0 atom stereocenters. The number of hydrogen-bond donors (Lipinski definition) is 2. The quantitative estimate of drug-likeness (QED) is 0.565. The highest BCUT2D eigenvalue weighted by atomic mass is 16.3. The highest BCUT2D eigenvalue weighted by molar-refractivity contribution is 5.78. The number of carbonyl (C=O) groups excluding carboxylic acids is 1. The van der Waals surface area contributed by atoms with Crippen molar-refractivity contribution in [1.82, 2.24) is 10.2 Å². The molecule has 0 spiro atoms. The molecule has 0 saturated heterocycles. The summed E-state index contributed by atoms with van der Waals surface area (Å²) in [6.45, 7) is 3.92. The lowest BCUT2D eigenvalue weighted by Gasteiger charge is -2.22. The van der Waals surface area contributed by atoms with Gasteiger partial charge in [-0.25, -0.2) is 0 Å². The predicted molar refractivity (Wildman–Crippen MR) is 68.8 cm³/mol. The van der Waals surface area contributed by atoms with Crippen LogP contribution in [0.25, 0.3) is 0 Å². The summed E-state index contributed by atoms with van der Waals surface area (Å²) in [5.74, 6) is 0.127. The van der Waals surface area contributed by atoms with Crippen molar-refractivity contribution in [3.63, 3.8) is 0 Å². The Labute approximate surface area is 104 Å². The van der Waals surface area contributed by atoms with Gasteiger partial charge in [0.15, 0.2) is 0 Å². The SMILES string of the molecule is CCCCCCN(CCO)C(=O)CNC1CC1. The Hall–Kier alpha value is -0.610. The molecule has 1 fully saturated rings. The number of amides is 1. The monoisotopic (exact) mass is 242 g/mol. The van der Waals surface area contributed by atoms with Gasteiger partial charge in [0, 0.05) is 19.1 Å². The molecule has 100 valence electrons. The highest BCUT2D eigenvalue weighted by Gasteiger charge is 2.22. The minimum atomic E-state index is 0.0585. The molecule has 1 saturated carbocycles. The molecular weight excluding hydrogens is 216 g/mol. The van der Waals surface area contributed by atoms with Crippen molar-refractivity contribution in [1.29, 1.82) is 0 Å². The lowest BCUT2D eigenvalue weighted by atomic mass is 10.2. The standard InChI is InChI=1S/C13H26N2O2/c1-2-3-4-5-8-15(9-10-16)13(17)11-14-12-6-7-12/h12,14,16H,2-11H2,1H3. The van der Waals surface area contributed by atoms with Gasteiger partial charge in [-0.1, -0.05) is 26.2 Å². The van der Waals surface area contributed by atoms with E-state index in [1.54, 1.807) is 4.90 Å². The number of nitrogens with zero attached hydrogens (tertiary/aromatic N) is 1. The summed E-state index contributed by atoms with van der Waals surface area (Å²) in [4.78, 5) is 13.7. The maximum absolute atomic E-state index is 11.9. The first kappa shape index (κ1) is 14.5. The van der Waals surface area contributed by atoms with Crippen LogP contribution in [0.3, 0.4) is 0 Å². The van der Waals surface area contributed by atoms with Crippen LogP contribution >= 0.6 is 0 Å². The van der Waals surface area contributed by atoms with E-state index in [-0.39, 0.29) is 12.5 Å². The fraction of sp³-hybridized carbons (Fsp3) is 0.923. The van der Waals surface area contributed by atoms with Crippen LogP contribution in [-0.4, -0.2) is 48.2 Å². The first-order chi connectivity index (χ1) is 8.27. The molecule has 0 radical (unpaired) electrons. The Bertz CT molecular complexity index is 217. The van der Waals surface area contributed by atoms with Crippen LogP contribution in [0.2, 0.25) is 0 Å². The minimum Gasteiger partial charge on any atom is -0.395 e. The van der Waals surface area contributed by atoms with Crippen molar-refractivity contribution in [2.45, 2.75) is 51.5 Å². The molecule has 0 unspecified atom stereocenters. The molecule has 2 N–H and O–H groups in total. The zero-order valence-corrected chi connectivity index (χ0v) is 11.0. The highest BCUT2D eigenvalue weighted by Crippen LogP contribution is 2.18. The topological polar surface area (TPSA) is 52.6 Å². The molecule has 4 nitrogen and oxygen atoms in total. The van der Waals surface area contributed by atoms with Crippen molar-refractivity contribution in [3.05, 3.63) is 0 Å². The largest absolute Gasteiger partial charge is 0.395 e. The van der Waals surface area contributed by atoms with Gasteiger partial charge in [0.2, 0.25) is 5.91 Å².